The first-order chi connectivity index (χ1) is 10.1. The molecule has 0 radical (unpaired) electrons. The predicted molar refractivity (Wildman–Crippen MR) is 91.4 cm³/mol. The number of hydrogen-bond donors (Lipinski definition) is 1. The summed E-state index contributed by atoms with van der Waals surface area (Å²) < 4.78 is 12.1. The third kappa shape index (κ3) is 10.3. The van der Waals surface area contributed by atoms with Gasteiger partial charge in [-0.25, -0.2) is 0 Å². The van der Waals surface area contributed by atoms with Crippen LogP contribution < -0.4 is 5.73 Å². The van der Waals surface area contributed by atoms with Gasteiger partial charge in [0.25, 0.3) is 0 Å². The maximum Gasteiger partial charge on any atom is 0.168 e. The van der Waals surface area contributed by atoms with Crippen LogP contribution in [0.3, 0.4) is 0 Å². The third-order valence-electron chi connectivity index (χ3n) is 4.13. The van der Waals surface area contributed by atoms with Crippen molar-refractivity contribution in [1.82, 2.24) is 0 Å². The predicted octanol–water partition coefficient (Wildman–Crippen LogP) is 4.88. The highest BCUT2D eigenvalue weighted by Gasteiger charge is 2.30. The molecule has 0 amide bonds. The highest BCUT2D eigenvalue weighted by atomic mass is 16.7. The van der Waals surface area contributed by atoms with Gasteiger partial charge < -0.3 is 15.2 Å². The summed E-state index contributed by atoms with van der Waals surface area (Å²) in [6, 6.07) is 0. The molecule has 2 N–H and O–H groups in total. The van der Waals surface area contributed by atoms with Crippen LogP contribution in [0, 0.1) is 5.92 Å². The van der Waals surface area contributed by atoms with Gasteiger partial charge in [0.05, 0.1) is 0 Å². The standard InChI is InChI=1S/C18H39NO2/c1-5-8-9-14-18(20-6-2,21-7-3)15-10-12-17(4)13-11-16-19/h17H,5-16,19H2,1-4H3. The Morgan fingerprint density at radius 2 is 1.43 bits per heavy atom. The number of ether oxygens (including phenoxy) is 2. The van der Waals surface area contributed by atoms with Gasteiger partial charge in [-0.2, -0.15) is 0 Å². The molecule has 0 saturated carbocycles. The van der Waals surface area contributed by atoms with E-state index in [1.165, 1.54) is 38.5 Å². The highest BCUT2D eigenvalue weighted by Crippen LogP contribution is 2.29. The van der Waals surface area contributed by atoms with Crippen LogP contribution in [0.2, 0.25) is 0 Å². The lowest BCUT2D eigenvalue weighted by Gasteiger charge is -2.34. The van der Waals surface area contributed by atoms with Crippen molar-refractivity contribution in [3.05, 3.63) is 0 Å². The van der Waals surface area contributed by atoms with Gasteiger partial charge in [-0.3, -0.25) is 0 Å². The zero-order valence-corrected chi connectivity index (χ0v) is 15.0. The zero-order valence-electron chi connectivity index (χ0n) is 15.0. The SMILES string of the molecule is CCCCCC(CCCC(C)CCCN)(OCC)OCC. The Labute approximate surface area is 133 Å². The van der Waals surface area contributed by atoms with Crippen LogP contribution in [0.15, 0.2) is 0 Å². The van der Waals surface area contributed by atoms with E-state index in [2.05, 4.69) is 27.7 Å². The second-order valence-corrected chi connectivity index (χ2v) is 6.16. The Morgan fingerprint density at radius 1 is 0.857 bits per heavy atom. The average Bonchev–Trinajstić information content (AvgIpc) is 2.46. The molecule has 0 aliphatic rings. The van der Waals surface area contributed by atoms with E-state index in [0.29, 0.717) is 0 Å². The van der Waals surface area contributed by atoms with E-state index in [1.807, 2.05) is 0 Å². The molecular formula is C18H39NO2. The lowest BCUT2D eigenvalue weighted by Crippen LogP contribution is -2.36. The fourth-order valence-electron chi connectivity index (χ4n) is 2.96. The quantitative estimate of drug-likeness (QED) is 0.346. The van der Waals surface area contributed by atoms with Gasteiger partial charge >= 0.3 is 0 Å². The van der Waals surface area contributed by atoms with Crippen LogP contribution in [0.5, 0.6) is 0 Å². The first-order valence-corrected chi connectivity index (χ1v) is 9.12. The summed E-state index contributed by atoms with van der Waals surface area (Å²) in [4.78, 5) is 0. The van der Waals surface area contributed by atoms with E-state index in [1.54, 1.807) is 0 Å². The Kier molecular flexibility index (Phi) is 13.5. The summed E-state index contributed by atoms with van der Waals surface area (Å²) >= 11 is 0. The Hall–Kier alpha value is -0.120. The minimum atomic E-state index is -0.341. The molecule has 21 heavy (non-hydrogen) atoms. The van der Waals surface area contributed by atoms with Crippen molar-refractivity contribution >= 4 is 0 Å². The number of nitrogens with two attached hydrogens (primary N) is 1. The molecule has 0 aromatic heterocycles. The van der Waals surface area contributed by atoms with Crippen LogP contribution in [-0.4, -0.2) is 25.5 Å². The Morgan fingerprint density at radius 3 is 1.95 bits per heavy atom. The molecule has 0 heterocycles. The van der Waals surface area contributed by atoms with E-state index >= 15 is 0 Å². The second kappa shape index (κ2) is 13.5. The van der Waals surface area contributed by atoms with Crippen molar-refractivity contribution in [2.24, 2.45) is 11.7 Å². The summed E-state index contributed by atoms with van der Waals surface area (Å²) in [6.45, 7) is 11.0. The van der Waals surface area contributed by atoms with Crippen LogP contribution >= 0.6 is 0 Å². The molecule has 1 atom stereocenters. The monoisotopic (exact) mass is 301 g/mol. The van der Waals surface area contributed by atoms with Gasteiger partial charge in [0.2, 0.25) is 0 Å². The molecule has 0 aliphatic heterocycles. The van der Waals surface area contributed by atoms with Gasteiger partial charge in [0, 0.05) is 26.1 Å². The van der Waals surface area contributed by atoms with Crippen LogP contribution in [0.25, 0.3) is 0 Å². The minimum Gasteiger partial charge on any atom is -0.350 e. The molecule has 0 rings (SSSR count). The number of hydrogen-bond acceptors (Lipinski definition) is 3. The summed E-state index contributed by atoms with van der Waals surface area (Å²) in [6.07, 6.45) is 10.5. The molecule has 0 spiro atoms. The van der Waals surface area contributed by atoms with E-state index in [4.69, 9.17) is 15.2 Å². The number of unbranched alkanes of at least 4 members (excludes halogenated alkanes) is 2. The van der Waals surface area contributed by atoms with Gasteiger partial charge in [0.15, 0.2) is 5.79 Å². The fraction of sp³-hybridized carbons (Fsp3) is 1.00. The van der Waals surface area contributed by atoms with Crippen LogP contribution in [-0.2, 0) is 9.47 Å². The summed E-state index contributed by atoms with van der Waals surface area (Å²) in [5.41, 5.74) is 5.58. The van der Waals surface area contributed by atoms with E-state index in [-0.39, 0.29) is 5.79 Å². The molecular weight excluding hydrogens is 262 g/mol. The molecule has 1 unspecified atom stereocenters. The first kappa shape index (κ1) is 20.9. The van der Waals surface area contributed by atoms with Crippen molar-refractivity contribution in [3.8, 4) is 0 Å². The molecule has 0 aliphatic carbocycles. The van der Waals surface area contributed by atoms with Crippen LogP contribution in [0.1, 0.15) is 85.5 Å². The molecule has 3 nitrogen and oxygen atoms in total. The lowest BCUT2D eigenvalue weighted by molar-refractivity contribution is -0.242. The number of rotatable bonds is 15. The van der Waals surface area contributed by atoms with Crippen molar-refractivity contribution < 1.29 is 9.47 Å². The van der Waals surface area contributed by atoms with Crippen molar-refractivity contribution in [3.63, 3.8) is 0 Å². The first-order valence-electron chi connectivity index (χ1n) is 9.12. The van der Waals surface area contributed by atoms with E-state index in [9.17, 15) is 0 Å². The Balaban J connectivity index is 4.28. The molecule has 0 saturated heterocycles. The van der Waals surface area contributed by atoms with Crippen molar-refractivity contribution in [2.75, 3.05) is 19.8 Å². The summed E-state index contributed by atoms with van der Waals surface area (Å²) in [7, 11) is 0. The molecule has 0 aromatic rings. The zero-order chi connectivity index (χ0) is 16.0. The normalized spacial score (nSPS) is 13.6. The van der Waals surface area contributed by atoms with E-state index in [0.717, 1.165) is 44.9 Å². The third-order valence-corrected chi connectivity index (χ3v) is 4.13. The molecule has 128 valence electrons. The maximum atomic E-state index is 6.04. The van der Waals surface area contributed by atoms with Crippen molar-refractivity contribution in [1.29, 1.82) is 0 Å². The minimum absolute atomic E-state index is 0.341. The van der Waals surface area contributed by atoms with Crippen molar-refractivity contribution in [2.45, 2.75) is 91.3 Å². The van der Waals surface area contributed by atoms with Gasteiger partial charge in [-0.1, -0.05) is 33.1 Å². The molecule has 3 heteroatoms. The van der Waals surface area contributed by atoms with Gasteiger partial charge in [-0.15, -0.1) is 0 Å². The summed E-state index contributed by atoms with van der Waals surface area (Å²) in [5.74, 6) is 0.414. The maximum absolute atomic E-state index is 6.04. The smallest absolute Gasteiger partial charge is 0.168 e. The lowest BCUT2D eigenvalue weighted by atomic mass is 9.94. The second-order valence-electron chi connectivity index (χ2n) is 6.16. The molecule has 0 aromatic carbocycles. The average molecular weight is 302 g/mol. The highest BCUT2D eigenvalue weighted by molar-refractivity contribution is 4.71. The Bertz CT molecular complexity index is 215. The topological polar surface area (TPSA) is 44.5 Å². The largest absolute Gasteiger partial charge is 0.350 e. The molecule has 0 fully saturated rings. The van der Waals surface area contributed by atoms with E-state index < -0.39 is 0 Å². The van der Waals surface area contributed by atoms with Gasteiger partial charge in [0.1, 0.15) is 0 Å². The molecule has 0 bridgehead atoms. The summed E-state index contributed by atoms with van der Waals surface area (Å²) in [5, 5.41) is 0. The fourth-order valence-corrected chi connectivity index (χ4v) is 2.96. The van der Waals surface area contributed by atoms with Gasteiger partial charge in [-0.05, 0) is 52.0 Å². The van der Waals surface area contributed by atoms with Crippen LogP contribution in [0.4, 0.5) is 0 Å².